The Bertz CT molecular complexity index is 662. The topological polar surface area (TPSA) is 75.7 Å². The monoisotopic (exact) mass is 404 g/mol. The Balaban J connectivity index is 1.82. The number of nitrogens with one attached hydrogen (secondary N) is 1. The third-order valence-corrected chi connectivity index (χ3v) is 5.68. The fourth-order valence-corrected chi connectivity index (χ4v) is 4.00. The third kappa shape index (κ3) is 4.92. The number of benzene rings is 1. The van der Waals surface area contributed by atoms with Crippen molar-refractivity contribution in [2.45, 2.75) is 31.3 Å². The third-order valence-electron chi connectivity index (χ3n) is 3.31. The number of halogens is 1. The number of sulfonamides is 1. The number of carbonyl (C=O) groups excluding carboxylic acids is 1. The number of carbonyl (C=O) groups is 1. The summed E-state index contributed by atoms with van der Waals surface area (Å²) >= 11 is 3.28. The molecule has 1 aromatic rings. The molecule has 0 radical (unpaired) electrons. The fourth-order valence-electron chi connectivity index (χ4n) is 2.15. The maximum Gasteiger partial charge on any atom is 0.407 e. The molecule has 128 valence electrons. The van der Waals surface area contributed by atoms with Crippen LogP contribution < -0.4 is 5.32 Å². The molecule has 1 heterocycles. The molecule has 1 aliphatic rings. The van der Waals surface area contributed by atoms with Crippen molar-refractivity contribution in [1.29, 1.82) is 0 Å². The first-order valence-electron chi connectivity index (χ1n) is 7.30. The lowest BCUT2D eigenvalue weighted by atomic mass is 10.0. The Morgan fingerprint density at radius 2 is 1.87 bits per heavy atom. The van der Waals surface area contributed by atoms with Gasteiger partial charge >= 0.3 is 6.09 Å². The zero-order chi connectivity index (χ0) is 17.3. The molecule has 0 saturated carbocycles. The highest BCUT2D eigenvalue weighted by molar-refractivity contribution is 9.10. The molecule has 1 saturated heterocycles. The Morgan fingerprint density at radius 3 is 2.39 bits per heavy atom. The zero-order valence-corrected chi connectivity index (χ0v) is 15.8. The van der Waals surface area contributed by atoms with Crippen LogP contribution in [0.4, 0.5) is 4.79 Å². The molecule has 1 amide bonds. The quantitative estimate of drug-likeness (QED) is 0.836. The summed E-state index contributed by atoms with van der Waals surface area (Å²) in [7, 11) is -3.45. The van der Waals surface area contributed by atoms with E-state index >= 15 is 0 Å². The van der Waals surface area contributed by atoms with E-state index in [1.54, 1.807) is 45.0 Å². The number of amides is 1. The maximum atomic E-state index is 12.4. The van der Waals surface area contributed by atoms with Gasteiger partial charge in [0.05, 0.1) is 4.90 Å². The largest absolute Gasteiger partial charge is 0.444 e. The van der Waals surface area contributed by atoms with Crippen molar-refractivity contribution < 1.29 is 17.9 Å². The van der Waals surface area contributed by atoms with E-state index in [2.05, 4.69) is 21.2 Å². The van der Waals surface area contributed by atoms with E-state index in [-0.39, 0.29) is 10.8 Å². The van der Waals surface area contributed by atoms with Gasteiger partial charge in [-0.05, 0) is 45.0 Å². The molecule has 2 rings (SSSR count). The van der Waals surface area contributed by atoms with E-state index in [0.717, 1.165) is 4.47 Å². The van der Waals surface area contributed by atoms with Crippen LogP contribution in [0.15, 0.2) is 33.6 Å². The molecule has 1 aromatic carbocycles. The summed E-state index contributed by atoms with van der Waals surface area (Å²) in [6.45, 7) is 6.58. The van der Waals surface area contributed by atoms with Crippen molar-refractivity contribution >= 4 is 32.0 Å². The molecule has 6 nitrogen and oxygen atoms in total. The molecule has 23 heavy (non-hydrogen) atoms. The minimum absolute atomic E-state index is 0.104. The van der Waals surface area contributed by atoms with E-state index in [4.69, 9.17) is 4.74 Å². The Hall–Kier alpha value is -1.12. The van der Waals surface area contributed by atoms with Crippen LogP contribution in [0.25, 0.3) is 0 Å². The van der Waals surface area contributed by atoms with E-state index in [1.165, 1.54) is 4.31 Å². The number of rotatable bonds is 4. The van der Waals surface area contributed by atoms with Crippen LogP contribution in [0.5, 0.6) is 0 Å². The summed E-state index contributed by atoms with van der Waals surface area (Å²) in [5.41, 5.74) is -0.541. The first-order valence-corrected chi connectivity index (χ1v) is 9.54. The van der Waals surface area contributed by atoms with Crippen molar-refractivity contribution in [3.05, 3.63) is 28.7 Å². The highest BCUT2D eigenvalue weighted by Crippen LogP contribution is 2.25. The molecule has 1 fully saturated rings. The molecule has 0 atom stereocenters. The summed E-state index contributed by atoms with van der Waals surface area (Å²) in [6, 6.07) is 6.56. The zero-order valence-electron chi connectivity index (χ0n) is 13.4. The molecule has 1 N–H and O–H groups in total. The number of ether oxygens (including phenoxy) is 1. The van der Waals surface area contributed by atoms with Crippen LogP contribution >= 0.6 is 15.9 Å². The van der Waals surface area contributed by atoms with E-state index < -0.39 is 21.7 Å². The van der Waals surface area contributed by atoms with Gasteiger partial charge in [0.25, 0.3) is 0 Å². The standard InChI is InChI=1S/C15H21BrN2O4S/c1-15(2,3)22-14(19)17-8-11-9-18(10-11)23(20,21)13-6-4-12(16)5-7-13/h4-7,11H,8-10H2,1-3H3,(H,17,19). The molecule has 8 heteroatoms. The molecule has 0 spiro atoms. The minimum Gasteiger partial charge on any atom is -0.444 e. The summed E-state index contributed by atoms with van der Waals surface area (Å²) in [4.78, 5) is 11.8. The molecule has 0 aromatic heterocycles. The second-order valence-electron chi connectivity index (χ2n) is 6.52. The van der Waals surface area contributed by atoms with Gasteiger partial charge in [-0.1, -0.05) is 15.9 Å². The van der Waals surface area contributed by atoms with Crippen molar-refractivity contribution in [3.8, 4) is 0 Å². The van der Waals surface area contributed by atoms with Gasteiger partial charge in [0.15, 0.2) is 0 Å². The van der Waals surface area contributed by atoms with Crippen LogP contribution in [-0.4, -0.2) is 44.1 Å². The second-order valence-corrected chi connectivity index (χ2v) is 9.38. The van der Waals surface area contributed by atoms with Crippen molar-refractivity contribution in [1.82, 2.24) is 9.62 Å². The molecule has 1 aliphatic heterocycles. The van der Waals surface area contributed by atoms with Gasteiger partial charge < -0.3 is 10.1 Å². The summed E-state index contributed by atoms with van der Waals surface area (Å²) < 4.78 is 32.2. The lowest BCUT2D eigenvalue weighted by Crippen LogP contribution is -2.53. The SMILES string of the molecule is CC(C)(C)OC(=O)NCC1CN(S(=O)(=O)c2ccc(Br)cc2)C1. The highest BCUT2D eigenvalue weighted by atomic mass is 79.9. The average Bonchev–Trinajstić information content (AvgIpc) is 2.34. The second kappa shape index (κ2) is 6.78. The predicted molar refractivity (Wildman–Crippen MR) is 90.6 cm³/mol. The maximum absolute atomic E-state index is 12.4. The van der Waals surface area contributed by atoms with Crippen molar-refractivity contribution in [2.24, 2.45) is 5.92 Å². The van der Waals surface area contributed by atoms with Crippen LogP contribution in [-0.2, 0) is 14.8 Å². The van der Waals surface area contributed by atoms with Gasteiger partial charge in [0, 0.05) is 30.0 Å². The number of hydrogen-bond acceptors (Lipinski definition) is 4. The minimum atomic E-state index is -3.45. The average molecular weight is 405 g/mol. The fraction of sp³-hybridized carbons (Fsp3) is 0.533. The number of alkyl carbamates (subject to hydrolysis) is 1. The van der Waals surface area contributed by atoms with Gasteiger partial charge in [0.2, 0.25) is 10.0 Å². The summed E-state index contributed by atoms with van der Waals surface area (Å²) in [6.07, 6.45) is -0.480. The number of hydrogen-bond donors (Lipinski definition) is 1. The van der Waals surface area contributed by atoms with Crippen LogP contribution in [0.2, 0.25) is 0 Å². The Kier molecular flexibility index (Phi) is 5.37. The van der Waals surface area contributed by atoms with Crippen molar-refractivity contribution in [2.75, 3.05) is 19.6 Å². The summed E-state index contributed by atoms with van der Waals surface area (Å²) in [5.74, 6) is 0.104. The van der Waals surface area contributed by atoms with Gasteiger partial charge in [-0.3, -0.25) is 0 Å². The molecule has 0 unspecified atom stereocenters. The van der Waals surface area contributed by atoms with Gasteiger partial charge in [-0.25, -0.2) is 13.2 Å². The van der Waals surface area contributed by atoms with Crippen LogP contribution in [0.1, 0.15) is 20.8 Å². The molecule has 0 bridgehead atoms. The Labute approximate surface area is 145 Å². The van der Waals surface area contributed by atoms with E-state index in [9.17, 15) is 13.2 Å². The lowest BCUT2D eigenvalue weighted by Gasteiger charge is -2.38. The highest BCUT2D eigenvalue weighted by Gasteiger charge is 2.36. The first-order chi connectivity index (χ1) is 10.6. The molecular formula is C15H21BrN2O4S. The molecule has 0 aliphatic carbocycles. The van der Waals surface area contributed by atoms with E-state index in [1.807, 2.05) is 0 Å². The lowest BCUT2D eigenvalue weighted by molar-refractivity contribution is 0.0503. The smallest absolute Gasteiger partial charge is 0.407 e. The molecular weight excluding hydrogens is 384 g/mol. The van der Waals surface area contributed by atoms with Crippen molar-refractivity contribution in [3.63, 3.8) is 0 Å². The predicted octanol–water partition coefficient (Wildman–Crippen LogP) is 2.59. The van der Waals surface area contributed by atoms with Crippen LogP contribution in [0, 0.1) is 5.92 Å². The van der Waals surface area contributed by atoms with Gasteiger partial charge in [-0.2, -0.15) is 4.31 Å². The summed E-state index contributed by atoms with van der Waals surface area (Å²) in [5, 5.41) is 2.67. The first kappa shape index (κ1) is 18.2. The number of nitrogens with zero attached hydrogens (tertiary/aromatic N) is 1. The Morgan fingerprint density at radius 1 is 1.30 bits per heavy atom. The normalized spacial score (nSPS) is 16.7. The van der Waals surface area contributed by atoms with Gasteiger partial charge in [-0.15, -0.1) is 0 Å². The van der Waals surface area contributed by atoms with Crippen LogP contribution in [0.3, 0.4) is 0 Å². The van der Waals surface area contributed by atoms with Gasteiger partial charge in [0.1, 0.15) is 5.60 Å². The van der Waals surface area contributed by atoms with E-state index in [0.29, 0.717) is 19.6 Å².